The van der Waals surface area contributed by atoms with E-state index < -0.39 is 5.95 Å². The summed E-state index contributed by atoms with van der Waals surface area (Å²) in [6.45, 7) is 4.43. The van der Waals surface area contributed by atoms with Crippen molar-refractivity contribution in [2.45, 2.75) is 12.8 Å². The Labute approximate surface area is 160 Å². The van der Waals surface area contributed by atoms with Crippen molar-refractivity contribution < 1.29 is 13.9 Å². The summed E-state index contributed by atoms with van der Waals surface area (Å²) in [6, 6.07) is 3.59. The van der Waals surface area contributed by atoms with E-state index in [1.54, 1.807) is 19.3 Å². The summed E-state index contributed by atoms with van der Waals surface area (Å²) in [7, 11) is 1.55. The van der Waals surface area contributed by atoms with Crippen molar-refractivity contribution in [3.8, 4) is 16.9 Å². The number of nitrogens with one attached hydrogen (secondary N) is 1. The summed E-state index contributed by atoms with van der Waals surface area (Å²) in [6.07, 6.45) is 7.03. The molecule has 2 aromatic heterocycles. The van der Waals surface area contributed by atoms with Gasteiger partial charge in [-0.1, -0.05) is 12.7 Å². The molecule has 8 heteroatoms. The average Bonchev–Trinajstić information content (AvgIpc) is 3.09. The fourth-order valence-corrected chi connectivity index (χ4v) is 3.42. The zero-order valence-corrected chi connectivity index (χ0v) is 15.3. The predicted octanol–water partition coefficient (Wildman–Crippen LogP) is 2.85. The molecular formula is C20H18FN5O2. The van der Waals surface area contributed by atoms with Gasteiger partial charge in [0, 0.05) is 49.8 Å². The first-order valence-corrected chi connectivity index (χ1v) is 9.03. The van der Waals surface area contributed by atoms with Gasteiger partial charge in [-0.25, -0.2) is 9.36 Å². The normalized spacial score (nSPS) is 18.3. The molecule has 0 unspecified atom stereocenters. The molecule has 0 saturated carbocycles. The minimum absolute atomic E-state index is 0.0389. The molecule has 1 aromatic carbocycles. The number of carbonyl (C=O) groups is 1. The van der Waals surface area contributed by atoms with Gasteiger partial charge in [-0.15, -0.1) is 0 Å². The van der Waals surface area contributed by atoms with Gasteiger partial charge in [-0.05, 0) is 17.7 Å². The number of hydrogen-bond donors (Lipinski definition) is 1. The second-order valence-corrected chi connectivity index (χ2v) is 7.13. The largest absolute Gasteiger partial charge is 0.461 e. The molecule has 1 aliphatic carbocycles. The van der Waals surface area contributed by atoms with Crippen LogP contribution in [0.5, 0.6) is 5.75 Å². The Bertz CT molecular complexity index is 1170. The lowest BCUT2D eigenvalue weighted by Crippen LogP contribution is -2.15. The monoisotopic (exact) mass is 379 g/mol. The van der Waals surface area contributed by atoms with Gasteiger partial charge in [0.1, 0.15) is 11.5 Å². The molecule has 1 aliphatic heterocycles. The van der Waals surface area contributed by atoms with Gasteiger partial charge in [-0.3, -0.25) is 4.79 Å². The molecule has 1 amide bonds. The second-order valence-electron chi connectivity index (χ2n) is 7.13. The first kappa shape index (κ1) is 16.7. The third kappa shape index (κ3) is 2.77. The lowest BCUT2D eigenvalue weighted by atomic mass is 10.1. The fourth-order valence-electron chi connectivity index (χ4n) is 3.42. The first-order chi connectivity index (χ1) is 13.5. The van der Waals surface area contributed by atoms with E-state index in [-0.39, 0.29) is 11.8 Å². The van der Waals surface area contributed by atoms with Crippen LogP contribution in [0.4, 0.5) is 4.39 Å². The van der Waals surface area contributed by atoms with Crippen LogP contribution in [0.1, 0.15) is 12.8 Å². The summed E-state index contributed by atoms with van der Waals surface area (Å²) in [5.41, 5.74) is 3.34. The third-order valence-electron chi connectivity index (χ3n) is 5.10. The van der Waals surface area contributed by atoms with Crippen LogP contribution in [-0.2, 0) is 11.8 Å². The molecule has 28 heavy (non-hydrogen) atoms. The Morgan fingerprint density at radius 2 is 2.21 bits per heavy atom. The Hall–Kier alpha value is -3.42. The minimum atomic E-state index is -0.483. The molecule has 3 aromatic rings. The highest BCUT2D eigenvalue weighted by molar-refractivity contribution is 5.90. The van der Waals surface area contributed by atoms with Crippen molar-refractivity contribution in [2.75, 3.05) is 6.54 Å². The average molecular weight is 379 g/mol. The molecule has 142 valence electrons. The summed E-state index contributed by atoms with van der Waals surface area (Å²) in [5, 5.41) is 11.7. The number of aromatic nitrogens is 4. The van der Waals surface area contributed by atoms with Crippen LogP contribution in [0, 0.1) is 11.9 Å². The highest BCUT2D eigenvalue weighted by Gasteiger charge is 2.27. The molecule has 1 fully saturated rings. The van der Waals surface area contributed by atoms with Crippen molar-refractivity contribution in [3.63, 3.8) is 0 Å². The molecule has 3 heterocycles. The van der Waals surface area contributed by atoms with E-state index in [0.717, 1.165) is 23.2 Å². The van der Waals surface area contributed by atoms with Crippen LogP contribution in [0.15, 0.2) is 42.9 Å². The van der Waals surface area contributed by atoms with E-state index >= 15 is 0 Å². The van der Waals surface area contributed by atoms with E-state index in [0.29, 0.717) is 35.4 Å². The molecule has 0 spiro atoms. The molecule has 0 radical (unpaired) electrons. The van der Waals surface area contributed by atoms with Gasteiger partial charge in [0.2, 0.25) is 11.9 Å². The molecule has 5 rings (SSSR count). The number of nitrogens with zero attached hydrogens (tertiary/aromatic N) is 4. The number of fused-ring (bicyclic) bond motifs is 1. The Morgan fingerprint density at radius 3 is 2.93 bits per heavy atom. The van der Waals surface area contributed by atoms with Crippen molar-refractivity contribution >= 4 is 22.5 Å². The molecule has 1 N–H and O–H groups in total. The van der Waals surface area contributed by atoms with Gasteiger partial charge in [-0.2, -0.15) is 14.6 Å². The SMILES string of the molecule is C=C(Oc1cc(-c2cnn(C3=CC3)c2)cc2nn(C)c(F)c12)[C@H]1CNC(=O)C1. The zero-order valence-electron chi connectivity index (χ0n) is 15.3. The van der Waals surface area contributed by atoms with E-state index in [1.807, 2.05) is 16.9 Å². The number of rotatable bonds is 5. The topological polar surface area (TPSA) is 74.0 Å². The minimum Gasteiger partial charge on any atom is -0.461 e. The number of ether oxygens (including phenoxy) is 1. The zero-order chi connectivity index (χ0) is 19.4. The van der Waals surface area contributed by atoms with E-state index in [1.165, 1.54) is 4.68 Å². The van der Waals surface area contributed by atoms with Gasteiger partial charge in [0.05, 0.1) is 17.1 Å². The number of allylic oxidation sites excluding steroid dienone is 2. The second kappa shape index (κ2) is 6.05. The number of amides is 1. The van der Waals surface area contributed by atoms with Crippen molar-refractivity contribution in [1.82, 2.24) is 24.9 Å². The molecule has 7 nitrogen and oxygen atoms in total. The smallest absolute Gasteiger partial charge is 0.222 e. The number of aryl methyl sites for hydroxylation is 1. The summed E-state index contributed by atoms with van der Waals surface area (Å²) < 4.78 is 23.6. The van der Waals surface area contributed by atoms with Crippen LogP contribution < -0.4 is 10.1 Å². The Morgan fingerprint density at radius 1 is 1.39 bits per heavy atom. The van der Waals surface area contributed by atoms with Crippen molar-refractivity contribution in [1.29, 1.82) is 0 Å². The maximum Gasteiger partial charge on any atom is 0.222 e. The predicted molar refractivity (Wildman–Crippen MR) is 102 cm³/mol. The van der Waals surface area contributed by atoms with E-state index in [9.17, 15) is 9.18 Å². The van der Waals surface area contributed by atoms with Crippen LogP contribution in [0.2, 0.25) is 0 Å². The van der Waals surface area contributed by atoms with Gasteiger partial charge in [0.15, 0.2) is 0 Å². The van der Waals surface area contributed by atoms with Gasteiger partial charge >= 0.3 is 0 Å². The van der Waals surface area contributed by atoms with Crippen LogP contribution in [-0.4, -0.2) is 32.0 Å². The van der Waals surface area contributed by atoms with Gasteiger partial charge < -0.3 is 10.1 Å². The number of halogens is 1. The fraction of sp³-hybridized carbons (Fsp3) is 0.250. The number of hydrogen-bond acceptors (Lipinski definition) is 4. The Kier molecular flexibility index (Phi) is 3.61. The molecule has 1 saturated heterocycles. The van der Waals surface area contributed by atoms with E-state index in [2.05, 4.69) is 28.2 Å². The first-order valence-electron chi connectivity index (χ1n) is 9.03. The maximum atomic E-state index is 14.7. The highest BCUT2D eigenvalue weighted by Crippen LogP contribution is 2.36. The lowest BCUT2D eigenvalue weighted by Gasteiger charge is -2.14. The molecular weight excluding hydrogens is 361 g/mol. The van der Waals surface area contributed by atoms with Crippen molar-refractivity contribution in [2.24, 2.45) is 13.0 Å². The van der Waals surface area contributed by atoms with Crippen LogP contribution in [0.3, 0.4) is 0 Å². The van der Waals surface area contributed by atoms with Gasteiger partial charge in [0.25, 0.3) is 0 Å². The summed E-state index contributed by atoms with van der Waals surface area (Å²) in [5.74, 6) is 0.0991. The maximum absolute atomic E-state index is 14.7. The number of benzene rings is 1. The van der Waals surface area contributed by atoms with E-state index in [4.69, 9.17) is 4.74 Å². The third-order valence-corrected chi connectivity index (χ3v) is 5.10. The van der Waals surface area contributed by atoms with Crippen LogP contribution in [0.25, 0.3) is 27.7 Å². The lowest BCUT2D eigenvalue weighted by molar-refractivity contribution is -0.119. The Balaban J connectivity index is 1.56. The highest BCUT2D eigenvalue weighted by atomic mass is 19.1. The molecule has 0 bridgehead atoms. The molecule has 2 aliphatic rings. The standard InChI is InChI=1S/C20H18FN5O2/c1-11(13-7-18(27)22-8-13)28-17-6-12(5-16-19(17)20(21)25(2)24-16)14-9-23-26(10-14)15-3-4-15/h3,5-6,9-10,13H,1,4,7-8H2,2H3,(H,22,27)/t13-/m1/s1. The summed E-state index contributed by atoms with van der Waals surface area (Å²) >= 11 is 0. The quantitative estimate of drug-likeness (QED) is 0.692. The van der Waals surface area contributed by atoms with Crippen LogP contribution >= 0.6 is 0 Å². The number of carbonyl (C=O) groups excluding carboxylic acids is 1. The molecule has 1 atom stereocenters. The summed E-state index contributed by atoms with van der Waals surface area (Å²) in [4.78, 5) is 11.5. The van der Waals surface area contributed by atoms with Crippen molar-refractivity contribution in [3.05, 3.63) is 48.9 Å².